The highest BCUT2D eigenvalue weighted by Crippen LogP contribution is 2.38. The number of ether oxygens (including phenoxy) is 4. The Morgan fingerprint density at radius 2 is 1.76 bits per heavy atom. The molecule has 1 saturated carbocycles. The van der Waals surface area contributed by atoms with E-state index in [1.165, 1.54) is 18.2 Å². The zero-order chi connectivity index (χ0) is 25.0. The largest absolute Gasteiger partial charge is 0.491 e. The fourth-order valence-corrected chi connectivity index (χ4v) is 4.43. The van der Waals surface area contributed by atoms with Gasteiger partial charge in [-0.3, -0.25) is 4.79 Å². The Morgan fingerprint density at radius 1 is 1.09 bits per heavy atom. The van der Waals surface area contributed by atoms with Crippen LogP contribution in [0.25, 0.3) is 0 Å². The summed E-state index contributed by atoms with van der Waals surface area (Å²) in [6, 6.07) is 5.83. The Labute approximate surface area is 202 Å². The highest BCUT2D eigenvalue weighted by molar-refractivity contribution is 5.79. The maximum Gasteiger partial charge on any atom is 0.290 e. The standard InChI is InChI=1S/C26H41F2NO5/c1-19(2)23-9-8-20(3)16-24(23)25(30)29-18-26(27,28)21-6-5-7-22(17-21)34-15-14-33-13-12-32-11-10-31-4/h5-7,17,19-20,23-24H,8-16,18H2,1-4H3,(H,29,30)/t20?,23-,24+/m0/s1. The second-order valence-corrected chi connectivity index (χ2v) is 9.45. The van der Waals surface area contributed by atoms with Crippen LogP contribution in [-0.4, -0.2) is 59.2 Å². The molecule has 1 aromatic rings. The molecule has 34 heavy (non-hydrogen) atoms. The van der Waals surface area contributed by atoms with E-state index in [1.807, 2.05) is 0 Å². The Kier molecular flexibility index (Phi) is 12.2. The number of methoxy groups -OCH3 is 1. The predicted molar refractivity (Wildman–Crippen MR) is 127 cm³/mol. The zero-order valence-corrected chi connectivity index (χ0v) is 21.0. The molecule has 0 radical (unpaired) electrons. The maximum absolute atomic E-state index is 14.9. The lowest BCUT2D eigenvalue weighted by Crippen LogP contribution is -2.43. The van der Waals surface area contributed by atoms with Crippen LogP contribution >= 0.6 is 0 Å². The highest BCUT2D eigenvalue weighted by atomic mass is 19.3. The molecule has 0 heterocycles. The van der Waals surface area contributed by atoms with Gasteiger partial charge in [-0.15, -0.1) is 0 Å². The summed E-state index contributed by atoms with van der Waals surface area (Å²) in [5.74, 6) is -2.30. The van der Waals surface area contributed by atoms with E-state index in [4.69, 9.17) is 18.9 Å². The van der Waals surface area contributed by atoms with Gasteiger partial charge in [0.15, 0.2) is 0 Å². The van der Waals surface area contributed by atoms with Crippen molar-refractivity contribution in [3.63, 3.8) is 0 Å². The van der Waals surface area contributed by atoms with Crippen LogP contribution in [0.1, 0.15) is 45.6 Å². The molecule has 3 atom stereocenters. The van der Waals surface area contributed by atoms with Gasteiger partial charge in [0.05, 0.1) is 39.6 Å². The van der Waals surface area contributed by atoms with E-state index in [9.17, 15) is 13.6 Å². The van der Waals surface area contributed by atoms with E-state index in [0.717, 1.165) is 19.3 Å². The summed E-state index contributed by atoms with van der Waals surface area (Å²) < 4.78 is 50.9. The van der Waals surface area contributed by atoms with Crippen LogP contribution in [0.3, 0.4) is 0 Å². The van der Waals surface area contributed by atoms with Crippen molar-refractivity contribution < 1.29 is 32.5 Å². The van der Waals surface area contributed by atoms with Crippen LogP contribution in [0.4, 0.5) is 8.78 Å². The molecule has 0 saturated heterocycles. The Bertz CT molecular complexity index is 731. The van der Waals surface area contributed by atoms with Gasteiger partial charge in [0.2, 0.25) is 5.91 Å². The van der Waals surface area contributed by atoms with Crippen molar-refractivity contribution in [2.45, 2.75) is 46.0 Å². The van der Waals surface area contributed by atoms with Crippen LogP contribution in [0.15, 0.2) is 24.3 Å². The first-order valence-corrected chi connectivity index (χ1v) is 12.3. The predicted octanol–water partition coefficient (Wildman–Crippen LogP) is 4.66. The van der Waals surface area contributed by atoms with Crippen LogP contribution in [-0.2, 0) is 24.9 Å². The minimum Gasteiger partial charge on any atom is -0.491 e. The minimum absolute atomic E-state index is 0.185. The second-order valence-electron chi connectivity index (χ2n) is 9.45. The lowest BCUT2D eigenvalue weighted by atomic mass is 9.70. The molecule has 1 N–H and O–H groups in total. The summed E-state index contributed by atoms with van der Waals surface area (Å²) in [4.78, 5) is 12.8. The van der Waals surface area contributed by atoms with Crippen LogP contribution in [0, 0.1) is 23.7 Å². The second kappa shape index (κ2) is 14.6. The first-order chi connectivity index (χ1) is 16.2. The van der Waals surface area contributed by atoms with Gasteiger partial charge in [-0.05, 0) is 42.7 Å². The van der Waals surface area contributed by atoms with Gasteiger partial charge >= 0.3 is 0 Å². The summed E-state index contributed by atoms with van der Waals surface area (Å²) in [5, 5.41) is 2.53. The van der Waals surface area contributed by atoms with Gasteiger partial charge in [0, 0.05) is 18.6 Å². The Balaban J connectivity index is 1.80. The van der Waals surface area contributed by atoms with Crippen molar-refractivity contribution in [1.82, 2.24) is 5.32 Å². The number of benzene rings is 1. The van der Waals surface area contributed by atoms with Crippen molar-refractivity contribution in [1.29, 1.82) is 0 Å². The molecule has 0 spiro atoms. The number of carbonyl (C=O) groups is 1. The van der Waals surface area contributed by atoms with E-state index in [0.29, 0.717) is 50.6 Å². The van der Waals surface area contributed by atoms with Gasteiger partial charge in [0.1, 0.15) is 12.4 Å². The van der Waals surface area contributed by atoms with Crippen molar-refractivity contribution in [3.8, 4) is 5.75 Å². The van der Waals surface area contributed by atoms with Gasteiger partial charge < -0.3 is 24.3 Å². The van der Waals surface area contributed by atoms with Crippen LogP contribution < -0.4 is 10.1 Å². The monoisotopic (exact) mass is 485 g/mol. The fraction of sp³-hybridized carbons (Fsp3) is 0.731. The van der Waals surface area contributed by atoms with E-state index in [1.54, 1.807) is 13.2 Å². The number of amides is 1. The van der Waals surface area contributed by atoms with Gasteiger partial charge in [-0.1, -0.05) is 39.3 Å². The molecule has 1 aromatic carbocycles. The van der Waals surface area contributed by atoms with Gasteiger partial charge in [-0.25, -0.2) is 0 Å². The molecule has 0 aliphatic heterocycles. The molecule has 8 heteroatoms. The average molecular weight is 486 g/mol. The van der Waals surface area contributed by atoms with Crippen molar-refractivity contribution in [2.24, 2.45) is 23.7 Å². The summed E-state index contributed by atoms with van der Waals surface area (Å²) in [5.41, 5.74) is -0.185. The molecule has 0 bridgehead atoms. The Morgan fingerprint density at radius 3 is 2.44 bits per heavy atom. The van der Waals surface area contributed by atoms with E-state index < -0.39 is 12.5 Å². The third-order valence-electron chi connectivity index (χ3n) is 6.40. The molecular formula is C26H41F2NO5. The quantitative estimate of drug-likeness (QED) is 0.366. The first-order valence-electron chi connectivity index (χ1n) is 12.3. The topological polar surface area (TPSA) is 66.0 Å². The molecule has 194 valence electrons. The van der Waals surface area contributed by atoms with Gasteiger partial charge in [-0.2, -0.15) is 8.78 Å². The zero-order valence-electron chi connectivity index (χ0n) is 21.0. The third kappa shape index (κ3) is 9.47. The van der Waals surface area contributed by atoms with Gasteiger partial charge in [0.25, 0.3) is 5.92 Å². The molecule has 6 nitrogen and oxygen atoms in total. The fourth-order valence-electron chi connectivity index (χ4n) is 4.43. The lowest BCUT2D eigenvalue weighted by molar-refractivity contribution is -0.131. The Hall–Kier alpha value is -1.77. The average Bonchev–Trinajstić information content (AvgIpc) is 2.81. The number of carbonyl (C=O) groups excluding carboxylic acids is 1. The smallest absolute Gasteiger partial charge is 0.290 e. The number of nitrogens with one attached hydrogen (secondary N) is 1. The number of rotatable bonds is 15. The van der Waals surface area contributed by atoms with E-state index in [-0.39, 0.29) is 29.9 Å². The maximum atomic E-state index is 14.9. The SMILES string of the molecule is COCCOCCOCCOc1cccc(C(F)(F)CNC(=O)[C@@H]2CC(C)CC[C@H]2C(C)C)c1. The summed E-state index contributed by atoms with van der Waals surface area (Å²) in [6.07, 6.45) is 2.81. The lowest BCUT2D eigenvalue weighted by Gasteiger charge is -2.36. The number of alkyl halides is 2. The molecule has 2 rings (SSSR count). The molecule has 1 amide bonds. The van der Waals surface area contributed by atoms with Crippen molar-refractivity contribution >= 4 is 5.91 Å². The third-order valence-corrected chi connectivity index (χ3v) is 6.40. The van der Waals surface area contributed by atoms with Crippen LogP contribution in [0.2, 0.25) is 0 Å². The highest BCUT2D eigenvalue weighted by Gasteiger charge is 2.38. The summed E-state index contributed by atoms with van der Waals surface area (Å²) in [6.45, 7) is 8.07. The molecular weight excluding hydrogens is 444 g/mol. The van der Waals surface area contributed by atoms with E-state index >= 15 is 0 Å². The first kappa shape index (κ1) is 28.5. The number of hydrogen-bond donors (Lipinski definition) is 1. The number of hydrogen-bond acceptors (Lipinski definition) is 5. The molecule has 1 aliphatic carbocycles. The molecule has 1 fully saturated rings. The van der Waals surface area contributed by atoms with Crippen molar-refractivity contribution in [2.75, 3.05) is 53.3 Å². The van der Waals surface area contributed by atoms with Crippen LogP contribution in [0.5, 0.6) is 5.75 Å². The van der Waals surface area contributed by atoms with Crippen molar-refractivity contribution in [3.05, 3.63) is 29.8 Å². The summed E-state index contributed by atoms with van der Waals surface area (Å²) >= 11 is 0. The molecule has 1 unspecified atom stereocenters. The number of halogens is 2. The minimum atomic E-state index is -3.20. The molecule has 1 aliphatic rings. The van der Waals surface area contributed by atoms with E-state index in [2.05, 4.69) is 26.1 Å². The molecule has 0 aromatic heterocycles. The summed E-state index contributed by atoms with van der Waals surface area (Å²) in [7, 11) is 1.61. The normalized spacial score (nSPS) is 21.0.